The minimum absolute atomic E-state index is 0.0414. The number of anilines is 1. The van der Waals surface area contributed by atoms with Crippen molar-refractivity contribution in [3.05, 3.63) is 82.4 Å². The first-order chi connectivity index (χ1) is 15.4. The summed E-state index contributed by atoms with van der Waals surface area (Å²) in [5.74, 6) is 0.633. The van der Waals surface area contributed by atoms with E-state index in [-0.39, 0.29) is 16.4 Å². The summed E-state index contributed by atoms with van der Waals surface area (Å²) in [5, 5.41) is 16.3. The molecule has 10 heteroatoms. The van der Waals surface area contributed by atoms with Gasteiger partial charge in [0.05, 0.1) is 12.0 Å². The van der Waals surface area contributed by atoms with Crippen LogP contribution in [0.1, 0.15) is 10.4 Å². The van der Waals surface area contributed by atoms with Crippen LogP contribution in [-0.4, -0.2) is 28.0 Å². The van der Waals surface area contributed by atoms with Gasteiger partial charge in [0.25, 0.3) is 11.6 Å². The highest BCUT2D eigenvalue weighted by molar-refractivity contribution is 7.80. The molecule has 0 spiro atoms. The van der Waals surface area contributed by atoms with Gasteiger partial charge in [-0.15, -0.1) is 0 Å². The number of benzene rings is 3. The zero-order valence-corrected chi connectivity index (χ0v) is 17.5. The van der Waals surface area contributed by atoms with Gasteiger partial charge in [0.1, 0.15) is 11.3 Å². The Labute approximate surface area is 187 Å². The maximum Gasteiger partial charge on any atom is 0.270 e. The van der Waals surface area contributed by atoms with Crippen molar-refractivity contribution in [1.82, 2.24) is 10.3 Å². The Balaban J connectivity index is 1.46. The van der Waals surface area contributed by atoms with Gasteiger partial charge in [-0.25, -0.2) is 4.98 Å². The average Bonchev–Trinajstić information content (AvgIpc) is 3.22. The Morgan fingerprint density at radius 2 is 1.91 bits per heavy atom. The molecule has 0 atom stereocenters. The first-order valence-electron chi connectivity index (χ1n) is 9.35. The predicted molar refractivity (Wildman–Crippen MR) is 123 cm³/mol. The van der Waals surface area contributed by atoms with E-state index in [1.165, 1.54) is 24.3 Å². The lowest BCUT2D eigenvalue weighted by molar-refractivity contribution is -0.384. The Morgan fingerprint density at radius 1 is 1.12 bits per heavy atom. The van der Waals surface area contributed by atoms with E-state index < -0.39 is 10.8 Å². The van der Waals surface area contributed by atoms with E-state index in [0.29, 0.717) is 22.7 Å². The lowest BCUT2D eigenvalue weighted by atomic mass is 10.2. The van der Waals surface area contributed by atoms with Crippen LogP contribution in [0.3, 0.4) is 0 Å². The smallest absolute Gasteiger partial charge is 0.270 e. The normalized spacial score (nSPS) is 10.5. The highest BCUT2D eigenvalue weighted by Crippen LogP contribution is 2.27. The quantitative estimate of drug-likeness (QED) is 0.259. The van der Waals surface area contributed by atoms with Crippen molar-refractivity contribution in [2.45, 2.75) is 0 Å². The molecule has 2 N–H and O–H groups in total. The number of fused-ring (bicyclic) bond motifs is 1. The second-order valence-electron chi connectivity index (χ2n) is 6.65. The fraction of sp³-hybridized carbons (Fsp3) is 0.0455. The van der Waals surface area contributed by atoms with Crippen LogP contribution < -0.4 is 15.4 Å². The molecular formula is C22H16N4O5S. The fourth-order valence-electron chi connectivity index (χ4n) is 2.96. The molecule has 0 aliphatic rings. The topological polar surface area (TPSA) is 120 Å². The molecule has 0 aliphatic heterocycles. The van der Waals surface area contributed by atoms with Gasteiger partial charge >= 0.3 is 0 Å². The Bertz CT molecular complexity index is 1330. The molecule has 0 fully saturated rings. The minimum atomic E-state index is -0.569. The molecule has 4 aromatic rings. The van der Waals surface area contributed by atoms with Crippen LogP contribution in [-0.2, 0) is 0 Å². The largest absolute Gasteiger partial charge is 0.497 e. The molecule has 1 heterocycles. The van der Waals surface area contributed by atoms with Crippen LogP contribution in [0.15, 0.2) is 71.1 Å². The van der Waals surface area contributed by atoms with Crippen molar-refractivity contribution >= 4 is 45.7 Å². The van der Waals surface area contributed by atoms with Crippen molar-refractivity contribution in [1.29, 1.82) is 0 Å². The van der Waals surface area contributed by atoms with Gasteiger partial charge in [0.2, 0.25) is 5.89 Å². The van der Waals surface area contributed by atoms with Crippen LogP contribution in [0.5, 0.6) is 5.75 Å². The van der Waals surface area contributed by atoms with E-state index in [9.17, 15) is 14.9 Å². The van der Waals surface area contributed by atoms with E-state index in [4.69, 9.17) is 21.4 Å². The van der Waals surface area contributed by atoms with Crippen molar-refractivity contribution in [2.24, 2.45) is 0 Å². The second-order valence-corrected chi connectivity index (χ2v) is 7.05. The van der Waals surface area contributed by atoms with Crippen molar-refractivity contribution in [3.8, 4) is 17.2 Å². The molecule has 3 aromatic carbocycles. The van der Waals surface area contributed by atoms with E-state index in [1.54, 1.807) is 25.3 Å². The number of ether oxygens (including phenoxy) is 1. The molecule has 0 saturated heterocycles. The Hall–Kier alpha value is -4.31. The SMILES string of the molecule is COc1ccc(-c2nc3cc(NC(=S)NC(=O)c4cccc([N+](=O)[O-])c4)ccc3o2)cc1. The summed E-state index contributed by atoms with van der Waals surface area (Å²) in [6.45, 7) is 0. The number of carbonyl (C=O) groups is 1. The van der Waals surface area contributed by atoms with Gasteiger partial charge in [-0.2, -0.15) is 0 Å². The van der Waals surface area contributed by atoms with Crippen molar-refractivity contribution in [3.63, 3.8) is 0 Å². The van der Waals surface area contributed by atoms with Gasteiger partial charge in [0.15, 0.2) is 10.7 Å². The van der Waals surface area contributed by atoms with Crippen molar-refractivity contribution < 1.29 is 18.9 Å². The summed E-state index contributed by atoms with van der Waals surface area (Å²) in [4.78, 5) is 27.2. The van der Waals surface area contributed by atoms with Crippen LogP contribution in [0, 0.1) is 10.1 Å². The molecule has 0 saturated carbocycles. The maximum absolute atomic E-state index is 12.3. The Morgan fingerprint density at radius 3 is 2.62 bits per heavy atom. The number of hydrogen-bond donors (Lipinski definition) is 2. The number of hydrogen-bond acceptors (Lipinski definition) is 7. The third-order valence-corrected chi connectivity index (χ3v) is 4.73. The summed E-state index contributed by atoms with van der Waals surface area (Å²) in [5.41, 5.74) is 2.54. The van der Waals surface area contributed by atoms with E-state index in [1.807, 2.05) is 24.3 Å². The monoisotopic (exact) mass is 448 g/mol. The molecule has 4 rings (SSSR count). The number of carbonyl (C=O) groups excluding carboxylic acids is 1. The number of nitrogens with zero attached hydrogens (tertiary/aromatic N) is 2. The molecule has 0 unspecified atom stereocenters. The number of non-ortho nitro benzene ring substituents is 1. The molecule has 0 radical (unpaired) electrons. The standard InChI is InChI=1S/C22H16N4O5S/c1-30-17-8-5-13(6-9-17)21-24-18-12-15(7-10-19(18)31-21)23-22(32)25-20(27)14-3-2-4-16(11-14)26(28)29/h2-12H,1H3,(H2,23,25,27,32). The Kier molecular flexibility index (Phi) is 5.77. The minimum Gasteiger partial charge on any atom is -0.497 e. The second kappa shape index (κ2) is 8.82. The number of amides is 1. The number of methoxy groups -OCH3 is 1. The van der Waals surface area contributed by atoms with Gasteiger partial charge in [-0.3, -0.25) is 20.2 Å². The highest BCUT2D eigenvalue weighted by atomic mass is 32.1. The summed E-state index contributed by atoms with van der Waals surface area (Å²) in [7, 11) is 1.60. The molecule has 1 amide bonds. The summed E-state index contributed by atoms with van der Waals surface area (Å²) >= 11 is 5.19. The molecule has 160 valence electrons. The number of thiocarbonyl (C=S) groups is 1. The van der Waals surface area contributed by atoms with Crippen LogP contribution in [0.2, 0.25) is 0 Å². The number of nitro benzene ring substituents is 1. The maximum atomic E-state index is 12.3. The van der Waals surface area contributed by atoms with Gasteiger partial charge in [-0.1, -0.05) is 6.07 Å². The number of nitrogens with one attached hydrogen (secondary N) is 2. The van der Waals surface area contributed by atoms with E-state index in [0.717, 1.165) is 11.3 Å². The summed E-state index contributed by atoms with van der Waals surface area (Å²) in [6, 6.07) is 17.9. The molecular weight excluding hydrogens is 432 g/mol. The predicted octanol–water partition coefficient (Wildman–Crippen LogP) is 4.54. The van der Waals surface area contributed by atoms with Crippen LogP contribution >= 0.6 is 12.2 Å². The third-order valence-electron chi connectivity index (χ3n) is 4.53. The number of nitro groups is 1. The molecule has 0 aliphatic carbocycles. The van der Waals surface area contributed by atoms with E-state index >= 15 is 0 Å². The van der Waals surface area contributed by atoms with E-state index in [2.05, 4.69) is 15.6 Å². The zero-order chi connectivity index (χ0) is 22.7. The molecule has 9 nitrogen and oxygen atoms in total. The number of aromatic nitrogens is 1. The molecule has 32 heavy (non-hydrogen) atoms. The first-order valence-corrected chi connectivity index (χ1v) is 9.75. The summed E-state index contributed by atoms with van der Waals surface area (Å²) < 4.78 is 11.0. The van der Waals surface area contributed by atoms with Crippen LogP contribution in [0.25, 0.3) is 22.6 Å². The van der Waals surface area contributed by atoms with Gasteiger partial charge < -0.3 is 14.5 Å². The fourth-order valence-corrected chi connectivity index (χ4v) is 3.17. The average molecular weight is 448 g/mol. The highest BCUT2D eigenvalue weighted by Gasteiger charge is 2.14. The van der Waals surface area contributed by atoms with Crippen molar-refractivity contribution in [2.75, 3.05) is 12.4 Å². The first kappa shape index (κ1) is 20.9. The molecule has 1 aromatic heterocycles. The number of rotatable bonds is 5. The van der Waals surface area contributed by atoms with Gasteiger partial charge in [-0.05, 0) is 60.7 Å². The molecule has 0 bridgehead atoms. The zero-order valence-electron chi connectivity index (χ0n) is 16.7. The lowest BCUT2D eigenvalue weighted by Crippen LogP contribution is -2.34. The number of oxazole rings is 1. The third kappa shape index (κ3) is 4.55. The lowest BCUT2D eigenvalue weighted by Gasteiger charge is -2.09. The summed E-state index contributed by atoms with van der Waals surface area (Å²) in [6.07, 6.45) is 0. The van der Waals surface area contributed by atoms with Crippen LogP contribution in [0.4, 0.5) is 11.4 Å². The van der Waals surface area contributed by atoms with Gasteiger partial charge in [0, 0.05) is 28.9 Å².